The number of sulfonamides is 1. The van der Waals surface area contributed by atoms with Crippen LogP contribution in [0.15, 0.2) is 77.7 Å². The fourth-order valence-corrected chi connectivity index (χ4v) is 5.71. The Morgan fingerprint density at radius 2 is 1.68 bits per heavy atom. The molecule has 0 amide bonds. The van der Waals surface area contributed by atoms with Crippen LogP contribution in [0.5, 0.6) is 11.8 Å². The van der Waals surface area contributed by atoms with Crippen LogP contribution in [0.3, 0.4) is 0 Å². The first-order chi connectivity index (χ1) is 16.6. The lowest BCUT2D eigenvalue weighted by Crippen LogP contribution is -2.44. The van der Waals surface area contributed by atoms with E-state index in [2.05, 4.69) is 20.2 Å². The van der Waals surface area contributed by atoms with Crippen LogP contribution in [0.2, 0.25) is 0 Å². The summed E-state index contributed by atoms with van der Waals surface area (Å²) in [5.41, 5.74) is 0. The molecule has 2 fully saturated rings. The second-order valence-electron chi connectivity index (χ2n) is 8.22. The van der Waals surface area contributed by atoms with Crippen LogP contribution in [0.1, 0.15) is 6.04 Å². The Morgan fingerprint density at radius 1 is 0.912 bits per heavy atom. The van der Waals surface area contributed by atoms with Crippen molar-refractivity contribution in [3.8, 4) is 11.8 Å². The molecular formula is C23H21N5O5S. The molecule has 34 heavy (non-hydrogen) atoms. The standard InChI is InChI=1S/C23H21N5O5S/c29-34(30,18-11-10-15-6-4-5-7-16(15)12-18)25-19-13-31-22-20(14-32-21(19)22)28-23(24-26-27-28)33-17-8-2-1-3-9-17/h1-12,19-22,25H,13-14H2/t19-,20+,21-,22+/m0/s1. The van der Waals surface area contributed by atoms with E-state index in [-0.39, 0.29) is 30.2 Å². The number of tetrazole rings is 1. The van der Waals surface area contributed by atoms with Gasteiger partial charge in [0.1, 0.15) is 24.0 Å². The lowest BCUT2D eigenvalue weighted by atomic mass is 10.1. The molecule has 3 aromatic carbocycles. The van der Waals surface area contributed by atoms with Crippen LogP contribution in [0.25, 0.3) is 10.8 Å². The Bertz CT molecular complexity index is 1430. The number of benzene rings is 3. The minimum atomic E-state index is -3.78. The van der Waals surface area contributed by atoms with Gasteiger partial charge in [0.25, 0.3) is 0 Å². The molecule has 6 rings (SSSR count). The topological polar surface area (TPSA) is 117 Å². The highest BCUT2D eigenvalue weighted by atomic mass is 32.2. The van der Waals surface area contributed by atoms with Crippen molar-refractivity contribution in [1.82, 2.24) is 24.9 Å². The SMILES string of the molecule is O=S(=O)(N[C@H]1CO[C@H]2[C@H]1OC[C@H]2n1nnnc1Oc1ccccc1)c1ccc2ccccc2c1. The predicted octanol–water partition coefficient (Wildman–Crippen LogP) is 2.30. The molecule has 0 spiro atoms. The number of hydrogen-bond acceptors (Lipinski definition) is 8. The van der Waals surface area contributed by atoms with Gasteiger partial charge in [0, 0.05) is 0 Å². The van der Waals surface area contributed by atoms with Gasteiger partial charge in [0.05, 0.1) is 24.2 Å². The molecule has 10 nitrogen and oxygen atoms in total. The van der Waals surface area contributed by atoms with Gasteiger partial charge in [-0.15, -0.1) is 0 Å². The number of ether oxygens (including phenoxy) is 3. The Balaban J connectivity index is 1.19. The van der Waals surface area contributed by atoms with Crippen LogP contribution in [0.4, 0.5) is 0 Å². The van der Waals surface area contributed by atoms with Crippen molar-refractivity contribution in [3.05, 3.63) is 72.8 Å². The second-order valence-corrected chi connectivity index (χ2v) is 9.94. The first-order valence-corrected chi connectivity index (χ1v) is 12.3. The van der Waals surface area contributed by atoms with Crippen molar-refractivity contribution >= 4 is 20.8 Å². The van der Waals surface area contributed by atoms with Gasteiger partial charge >= 0.3 is 6.01 Å². The van der Waals surface area contributed by atoms with Crippen LogP contribution in [-0.2, 0) is 19.5 Å². The van der Waals surface area contributed by atoms with Crippen LogP contribution >= 0.6 is 0 Å². The zero-order valence-electron chi connectivity index (χ0n) is 17.9. The number of fused-ring (bicyclic) bond motifs is 2. The number of hydrogen-bond donors (Lipinski definition) is 1. The number of nitrogens with zero attached hydrogens (tertiary/aromatic N) is 4. The van der Waals surface area contributed by atoms with E-state index in [1.54, 1.807) is 30.3 Å². The molecule has 0 unspecified atom stereocenters. The molecule has 1 N–H and O–H groups in total. The molecule has 2 saturated heterocycles. The van der Waals surface area contributed by atoms with E-state index in [9.17, 15) is 8.42 Å². The van der Waals surface area contributed by atoms with E-state index >= 15 is 0 Å². The Labute approximate surface area is 195 Å². The van der Waals surface area contributed by atoms with Gasteiger partial charge in [-0.2, -0.15) is 4.68 Å². The minimum Gasteiger partial charge on any atom is -0.423 e. The summed E-state index contributed by atoms with van der Waals surface area (Å²) in [7, 11) is -3.78. The highest BCUT2D eigenvalue weighted by Gasteiger charge is 2.50. The van der Waals surface area contributed by atoms with E-state index in [1.807, 2.05) is 42.5 Å². The van der Waals surface area contributed by atoms with Crippen LogP contribution < -0.4 is 9.46 Å². The zero-order chi connectivity index (χ0) is 23.1. The summed E-state index contributed by atoms with van der Waals surface area (Å²) >= 11 is 0. The molecule has 0 bridgehead atoms. The number of para-hydroxylation sites is 1. The average molecular weight is 480 g/mol. The molecule has 3 heterocycles. The molecule has 174 valence electrons. The van der Waals surface area contributed by atoms with Gasteiger partial charge in [-0.05, 0) is 45.5 Å². The molecule has 2 aliphatic heterocycles. The summed E-state index contributed by atoms with van der Waals surface area (Å²) in [6.07, 6.45) is -0.903. The molecule has 4 atom stereocenters. The third kappa shape index (κ3) is 3.82. The van der Waals surface area contributed by atoms with Crippen molar-refractivity contribution < 1.29 is 22.6 Å². The maximum Gasteiger partial charge on any atom is 0.341 e. The van der Waals surface area contributed by atoms with Gasteiger partial charge in [0.2, 0.25) is 10.0 Å². The van der Waals surface area contributed by atoms with E-state index in [1.165, 1.54) is 4.68 Å². The quantitative estimate of drug-likeness (QED) is 0.448. The third-order valence-electron chi connectivity index (χ3n) is 6.09. The molecule has 0 aliphatic carbocycles. The van der Waals surface area contributed by atoms with E-state index in [4.69, 9.17) is 14.2 Å². The Hall–Kier alpha value is -3.38. The zero-order valence-corrected chi connectivity index (χ0v) is 18.7. The van der Waals surface area contributed by atoms with E-state index in [0.29, 0.717) is 5.75 Å². The van der Waals surface area contributed by atoms with E-state index < -0.39 is 28.3 Å². The molecular weight excluding hydrogens is 458 g/mol. The molecule has 2 aliphatic rings. The molecule has 11 heteroatoms. The number of nitrogens with one attached hydrogen (secondary N) is 1. The second kappa shape index (κ2) is 8.44. The van der Waals surface area contributed by atoms with Crippen LogP contribution in [0, 0.1) is 0 Å². The molecule has 0 saturated carbocycles. The van der Waals surface area contributed by atoms with Crippen molar-refractivity contribution in [1.29, 1.82) is 0 Å². The number of aromatic nitrogens is 4. The monoisotopic (exact) mass is 479 g/mol. The molecule has 0 radical (unpaired) electrons. The van der Waals surface area contributed by atoms with Crippen molar-refractivity contribution in [2.24, 2.45) is 0 Å². The minimum absolute atomic E-state index is 0.176. The summed E-state index contributed by atoms with van der Waals surface area (Å²) < 4.78 is 48.2. The van der Waals surface area contributed by atoms with Gasteiger partial charge in [-0.3, -0.25) is 0 Å². The molecule has 1 aromatic heterocycles. The molecule has 4 aromatic rings. The fourth-order valence-electron chi connectivity index (χ4n) is 4.45. The highest BCUT2D eigenvalue weighted by molar-refractivity contribution is 7.89. The smallest absolute Gasteiger partial charge is 0.341 e. The summed E-state index contributed by atoms with van der Waals surface area (Å²) in [5, 5.41) is 13.6. The number of rotatable bonds is 6. The third-order valence-corrected chi connectivity index (χ3v) is 7.58. The van der Waals surface area contributed by atoms with Gasteiger partial charge in [-0.1, -0.05) is 53.6 Å². The van der Waals surface area contributed by atoms with Crippen LogP contribution in [-0.4, -0.2) is 60.1 Å². The first-order valence-electron chi connectivity index (χ1n) is 10.8. The largest absolute Gasteiger partial charge is 0.423 e. The average Bonchev–Trinajstić information content (AvgIpc) is 3.57. The Kier molecular flexibility index (Phi) is 5.26. The van der Waals surface area contributed by atoms with Crippen molar-refractivity contribution in [2.75, 3.05) is 13.2 Å². The van der Waals surface area contributed by atoms with Gasteiger partial charge < -0.3 is 14.2 Å². The maximum atomic E-state index is 13.1. The summed E-state index contributed by atoms with van der Waals surface area (Å²) in [4.78, 5) is 0.197. The summed E-state index contributed by atoms with van der Waals surface area (Å²) in [5.74, 6) is 0.599. The fraction of sp³-hybridized carbons (Fsp3) is 0.261. The van der Waals surface area contributed by atoms with Gasteiger partial charge in [-0.25, -0.2) is 13.1 Å². The predicted molar refractivity (Wildman–Crippen MR) is 121 cm³/mol. The maximum absolute atomic E-state index is 13.1. The van der Waals surface area contributed by atoms with Crippen molar-refractivity contribution in [2.45, 2.75) is 29.2 Å². The van der Waals surface area contributed by atoms with Gasteiger partial charge in [0.15, 0.2) is 0 Å². The lowest BCUT2D eigenvalue weighted by Gasteiger charge is -2.18. The van der Waals surface area contributed by atoms with E-state index in [0.717, 1.165) is 10.8 Å². The normalized spacial score (nSPS) is 24.4. The summed E-state index contributed by atoms with van der Waals surface area (Å²) in [6, 6.07) is 21.2. The highest BCUT2D eigenvalue weighted by Crippen LogP contribution is 2.36. The lowest BCUT2D eigenvalue weighted by molar-refractivity contribution is 0.0615. The van der Waals surface area contributed by atoms with Crippen molar-refractivity contribution in [3.63, 3.8) is 0 Å². The first kappa shape index (κ1) is 21.2. The Morgan fingerprint density at radius 3 is 2.53 bits per heavy atom. The summed E-state index contributed by atoms with van der Waals surface area (Å²) in [6.45, 7) is 0.440.